The van der Waals surface area contributed by atoms with E-state index in [1.54, 1.807) is 0 Å². The highest BCUT2D eigenvalue weighted by Gasteiger charge is 2.11. The van der Waals surface area contributed by atoms with Crippen LogP contribution in [-0.2, 0) is 5.88 Å². The average Bonchev–Trinajstić information content (AvgIpc) is 2.29. The van der Waals surface area contributed by atoms with Crippen LogP contribution in [0.2, 0.25) is 5.15 Å². The first-order valence-electron chi connectivity index (χ1n) is 4.69. The first-order valence-corrected chi connectivity index (χ1v) is 6.68. The molecule has 0 atom stereocenters. The molecule has 0 N–H and O–H groups in total. The van der Waals surface area contributed by atoms with Crippen molar-refractivity contribution in [2.45, 2.75) is 5.88 Å². The molecule has 0 aliphatic heterocycles. The highest BCUT2D eigenvalue weighted by Crippen LogP contribution is 2.28. The summed E-state index contributed by atoms with van der Waals surface area (Å²) in [5.41, 5.74) is 0.592. The van der Waals surface area contributed by atoms with Crippen LogP contribution in [0.15, 0.2) is 30.6 Å². The van der Waals surface area contributed by atoms with E-state index in [4.69, 9.17) is 27.9 Å². The van der Waals surface area contributed by atoms with E-state index in [0.717, 1.165) is 3.57 Å². The minimum Gasteiger partial charge on any atom is -0.438 e. The quantitative estimate of drug-likeness (QED) is 0.453. The predicted molar refractivity (Wildman–Crippen MR) is 75.8 cm³/mol. The Hall–Kier alpha value is -0.590. The molecule has 88 valence electrons. The molecule has 0 aliphatic carbocycles. The van der Waals surface area contributed by atoms with Crippen molar-refractivity contribution >= 4 is 45.8 Å². The van der Waals surface area contributed by atoms with Crippen LogP contribution in [0.1, 0.15) is 5.56 Å². The summed E-state index contributed by atoms with van der Waals surface area (Å²) in [5.74, 6) is 1.29. The molecule has 0 radical (unpaired) electrons. The average molecular weight is 381 g/mol. The van der Waals surface area contributed by atoms with E-state index in [9.17, 15) is 0 Å². The molecule has 3 nitrogen and oxygen atoms in total. The molecule has 0 spiro atoms. The Morgan fingerprint density at radius 1 is 1.29 bits per heavy atom. The fourth-order valence-corrected chi connectivity index (χ4v) is 2.23. The lowest BCUT2D eigenvalue weighted by molar-refractivity contribution is 0.456. The molecule has 0 unspecified atom stereocenters. The summed E-state index contributed by atoms with van der Waals surface area (Å²) < 4.78 is 6.71. The van der Waals surface area contributed by atoms with Gasteiger partial charge in [-0.05, 0) is 40.8 Å². The summed E-state index contributed by atoms with van der Waals surface area (Å²) in [5, 5.41) is 0.315. The van der Waals surface area contributed by atoms with Crippen molar-refractivity contribution in [2.75, 3.05) is 0 Å². The van der Waals surface area contributed by atoms with Crippen molar-refractivity contribution < 1.29 is 4.74 Å². The maximum Gasteiger partial charge on any atom is 0.228 e. The molecule has 0 fully saturated rings. The molecule has 0 aliphatic rings. The third-order valence-corrected chi connectivity index (χ3v) is 3.26. The van der Waals surface area contributed by atoms with Gasteiger partial charge in [0.1, 0.15) is 17.2 Å². The van der Waals surface area contributed by atoms with Gasteiger partial charge in [0.15, 0.2) is 0 Å². The number of rotatable bonds is 3. The highest BCUT2D eigenvalue weighted by atomic mass is 127. The van der Waals surface area contributed by atoms with Gasteiger partial charge in [-0.3, -0.25) is 0 Å². The lowest BCUT2D eigenvalue weighted by atomic mass is 10.3. The number of hydrogen-bond acceptors (Lipinski definition) is 3. The van der Waals surface area contributed by atoms with Crippen molar-refractivity contribution in [1.82, 2.24) is 9.97 Å². The van der Waals surface area contributed by atoms with Crippen LogP contribution in [0.3, 0.4) is 0 Å². The molecule has 6 heteroatoms. The van der Waals surface area contributed by atoms with E-state index in [1.165, 1.54) is 6.33 Å². The Kier molecular flexibility index (Phi) is 4.42. The second kappa shape index (κ2) is 5.84. The number of alkyl halides is 1. The normalized spacial score (nSPS) is 10.3. The Morgan fingerprint density at radius 3 is 2.82 bits per heavy atom. The number of halogens is 3. The van der Waals surface area contributed by atoms with Gasteiger partial charge in [-0.15, -0.1) is 11.6 Å². The fourth-order valence-electron chi connectivity index (χ4n) is 1.22. The van der Waals surface area contributed by atoms with Gasteiger partial charge >= 0.3 is 0 Å². The lowest BCUT2D eigenvalue weighted by Crippen LogP contribution is -1.96. The molecule has 2 aromatic rings. The van der Waals surface area contributed by atoms with Crippen molar-refractivity contribution in [2.24, 2.45) is 0 Å². The summed E-state index contributed by atoms with van der Waals surface area (Å²) in [4.78, 5) is 7.89. The minimum absolute atomic E-state index is 0.207. The van der Waals surface area contributed by atoms with Crippen molar-refractivity contribution in [1.29, 1.82) is 0 Å². The van der Waals surface area contributed by atoms with Crippen molar-refractivity contribution in [3.8, 4) is 11.6 Å². The third kappa shape index (κ3) is 3.20. The minimum atomic E-state index is 0.207. The molecule has 1 aromatic carbocycles. The summed E-state index contributed by atoms with van der Waals surface area (Å²) in [7, 11) is 0. The maximum absolute atomic E-state index is 5.91. The lowest BCUT2D eigenvalue weighted by Gasteiger charge is -2.08. The Labute approximate surface area is 122 Å². The van der Waals surface area contributed by atoms with E-state index in [2.05, 4.69) is 32.6 Å². The molecule has 0 bridgehead atoms. The van der Waals surface area contributed by atoms with Crippen molar-refractivity contribution in [3.05, 3.63) is 44.9 Å². The van der Waals surface area contributed by atoms with Gasteiger partial charge in [0.05, 0.1) is 11.4 Å². The van der Waals surface area contributed by atoms with E-state index in [1.807, 2.05) is 24.3 Å². The highest BCUT2D eigenvalue weighted by molar-refractivity contribution is 14.1. The van der Waals surface area contributed by atoms with Gasteiger partial charge in [-0.2, -0.15) is 0 Å². The topological polar surface area (TPSA) is 35.0 Å². The van der Waals surface area contributed by atoms with Crippen LogP contribution in [0.4, 0.5) is 0 Å². The fraction of sp³-hybridized carbons (Fsp3) is 0.0909. The second-order valence-electron chi connectivity index (χ2n) is 3.14. The molecule has 0 saturated carbocycles. The molecule has 0 amide bonds. The third-order valence-electron chi connectivity index (χ3n) is 2.00. The first-order chi connectivity index (χ1) is 8.20. The van der Waals surface area contributed by atoms with Crippen LogP contribution in [0, 0.1) is 3.57 Å². The Morgan fingerprint density at radius 2 is 2.12 bits per heavy atom. The van der Waals surface area contributed by atoms with Gasteiger partial charge < -0.3 is 4.74 Å². The van der Waals surface area contributed by atoms with E-state index in [0.29, 0.717) is 22.3 Å². The molecule has 2 rings (SSSR count). The van der Waals surface area contributed by atoms with Crippen LogP contribution in [0.25, 0.3) is 0 Å². The smallest absolute Gasteiger partial charge is 0.228 e. The maximum atomic E-state index is 5.91. The monoisotopic (exact) mass is 380 g/mol. The first kappa shape index (κ1) is 12.9. The van der Waals surface area contributed by atoms with Crippen LogP contribution >= 0.6 is 45.8 Å². The molecular weight excluding hydrogens is 374 g/mol. The largest absolute Gasteiger partial charge is 0.438 e. The molecule has 1 aromatic heterocycles. The number of ether oxygens (including phenoxy) is 1. The summed E-state index contributed by atoms with van der Waals surface area (Å²) >= 11 is 13.9. The van der Waals surface area contributed by atoms with Crippen molar-refractivity contribution in [3.63, 3.8) is 0 Å². The Bertz CT molecular complexity index is 537. The number of benzene rings is 1. The molecular formula is C11H7Cl2IN2O. The van der Waals surface area contributed by atoms with Gasteiger partial charge in [0.2, 0.25) is 5.88 Å². The van der Waals surface area contributed by atoms with E-state index in [-0.39, 0.29) is 5.88 Å². The SMILES string of the molecule is ClCc1c(Cl)ncnc1Oc1cccc(I)c1. The van der Waals surface area contributed by atoms with Crippen LogP contribution in [-0.4, -0.2) is 9.97 Å². The predicted octanol–water partition coefficient (Wildman–Crippen LogP) is 4.27. The Balaban J connectivity index is 2.33. The second-order valence-corrected chi connectivity index (χ2v) is 5.01. The van der Waals surface area contributed by atoms with E-state index < -0.39 is 0 Å². The summed E-state index contributed by atoms with van der Waals surface area (Å²) in [6, 6.07) is 7.62. The molecule has 17 heavy (non-hydrogen) atoms. The molecule has 0 saturated heterocycles. The van der Waals surface area contributed by atoms with Crippen LogP contribution in [0.5, 0.6) is 11.6 Å². The van der Waals surface area contributed by atoms with Gasteiger partial charge in [-0.1, -0.05) is 17.7 Å². The summed E-state index contributed by atoms with van der Waals surface area (Å²) in [6.45, 7) is 0. The van der Waals surface area contributed by atoms with Gasteiger partial charge in [-0.25, -0.2) is 9.97 Å². The number of aromatic nitrogens is 2. The van der Waals surface area contributed by atoms with Gasteiger partial charge in [0.25, 0.3) is 0 Å². The van der Waals surface area contributed by atoms with E-state index >= 15 is 0 Å². The number of hydrogen-bond donors (Lipinski definition) is 0. The standard InChI is InChI=1S/C11H7Cl2IN2O/c12-5-9-10(13)15-6-16-11(9)17-8-3-1-2-7(14)4-8/h1-4,6H,5H2. The number of nitrogens with zero attached hydrogens (tertiary/aromatic N) is 2. The van der Waals surface area contributed by atoms with Gasteiger partial charge in [0, 0.05) is 3.57 Å². The van der Waals surface area contributed by atoms with Crippen LogP contribution < -0.4 is 4.74 Å². The summed E-state index contributed by atoms with van der Waals surface area (Å²) in [6.07, 6.45) is 1.35. The zero-order chi connectivity index (χ0) is 12.3. The molecule has 1 heterocycles. The zero-order valence-corrected chi connectivity index (χ0v) is 12.2. The zero-order valence-electron chi connectivity index (χ0n) is 8.53.